The second-order valence-corrected chi connectivity index (χ2v) is 14.1. The van der Waals surface area contributed by atoms with Crippen LogP contribution in [0.1, 0.15) is 73.9 Å². The Hall–Kier alpha value is -5.31. The first-order valence-corrected chi connectivity index (χ1v) is 18.2. The molecule has 1 aliphatic rings. The average molecular weight is 706 g/mol. The van der Waals surface area contributed by atoms with Crippen molar-refractivity contribution in [2.24, 2.45) is 17.8 Å². The standard InChI is InChI=1S/C43H48FN3O5/c1-29(2)26-39(41(49)45-37-12-4-3-5-13-37)46-40(48)33(20-17-30-15-18-31(19-16-30)32-21-23-36(44)24-22-32)27-34(43(51)52)10-8-9-25-47-28-35-11-6-7-14-38(35)42(47)50/h3-7,11-16,18-19,21-24,29,33-34,39H,8-10,17,20,25-28H2,1-2H3,(H,45,49)(H,46,48)(H,51,52). The van der Waals surface area contributed by atoms with E-state index in [1.54, 1.807) is 29.2 Å². The molecule has 3 unspecified atom stereocenters. The van der Waals surface area contributed by atoms with Crippen LogP contribution in [0.2, 0.25) is 0 Å². The van der Waals surface area contributed by atoms with Crippen molar-refractivity contribution in [1.82, 2.24) is 10.2 Å². The molecule has 0 saturated heterocycles. The summed E-state index contributed by atoms with van der Waals surface area (Å²) in [5.74, 6) is -3.25. The average Bonchev–Trinajstić information content (AvgIpc) is 3.46. The van der Waals surface area contributed by atoms with E-state index in [9.17, 15) is 28.7 Å². The molecular formula is C43H48FN3O5. The summed E-state index contributed by atoms with van der Waals surface area (Å²) >= 11 is 0. The third-order valence-corrected chi connectivity index (χ3v) is 9.71. The Kier molecular flexibility index (Phi) is 13.3. The molecule has 5 rings (SSSR count). The Bertz CT molecular complexity index is 1810. The van der Waals surface area contributed by atoms with Crippen LogP contribution < -0.4 is 10.6 Å². The van der Waals surface area contributed by atoms with Gasteiger partial charge in [-0.3, -0.25) is 19.2 Å². The normalized spacial score (nSPS) is 14.1. The van der Waals surface area contributed by atoms with Gasteiger partial charge in [0.1, 0.15) is 11.9 Å². The van der Waals surface area contributed by atoms with Crippen LogP contribution in [0.5, 0.6) is 0 Å². The van der Waals surface area contributed by atoms with Gasteiger partial charge in [-0.1, -0.05) is 93.1 Å². The second-order valence-electron chi connectivity index (χ2n) is 14.1. The topological polar surface area (TPSA) is 116 Å². The molecule has 4 aromatic rings. The van der Waals surface area contributed by atoms with Crippen LogP contribution in [0, 0.1) is 23.6 Å². The van der Waals surface area contributed by atoms with Gasteiger partial charge in [0.05, 0.1) is 5.92 Å². The molecule has 272 valence electrons. The number of aryl methyl sites for hydroxylation is 1. The molecule has 52 heavy (non-hydrogen) atoms. The number of unbranched alkanes of at least 4 members (excludes halogenated alkanes) is 1. The number of anilines is 1. The van der Waals surface area contributed by atoms with E-state index in [0.717, 1.165) is 27.8 Å². The maximum atomic E-state index is 14.0. The summed E-state index contributed by atoms with van der Waals surface area (Å²) in [6.07, 6.45) is 3.06. The smallest absolute Gasteiger partial charge is 0.306 e. The number of nitrogens with one attached hydrogen (secondary N) is 2. The number of carboxylic acids is 1. The molecule has 9 heteroatoms. The Morgan fingerprint density at radius 1 is 0.769 bits per heavy atom. The van der Waals surface area contributed by atoms with Crippen LogP contribution in [-0.4, -0.2) is 46.3 Å². The van der Waals surface area contributed by atoms with E-state index in [2.05, 4.69) is 10.6 Å². The first kappa shape index (κ1) is 37.9. The van der Waals surface area contributed by atoms with Crippen molar-refractivity contribution >= 4 is 29.4 Å². The van der Waals surface area contributed by atoms with Crippen molar-refractivity contribution in [3.05, 3.63) is 126 Å². The molecule has 3 atom stereocenters. The fourth-order valence-corrected chi connectivity index (χ4v) is 6.82. The number of rotatable bonds is 18. The minimum absolute atomic E-state index is 0.0000659. The molecule has 3 amide bonds. The zero-order chi connectivity index (χ0) is 37.0. The molecule has 0 bridgehead atoms. The lowest BCUT2D eigenvalue weighted by atomic mass is 9.86. The number of nitrogens with zero attached hydrogens (tertiary/aromatic N) is 1. The lowest BCUT2D eigenvalue weighted by molar-refractivity contribution is -0.143. The fraction of sp³-hybridized carbons (Fsp3) is 0.349. The van der Waals surface area contributed by atoms with E-state index in [0.29, 0.717) is 57.3 Å². The number of carboxylic acid groups (broad SMARTS) is 1. The zero-order valence-corrected chi connectivity index (χ0v) is 29.9. The van der Waals surface area contributed by atoms with Crippen LogP contribution in [0.15, 0.2) is 103 Å². The molecule has 4 aromatic carbocycles. The number of carbonyl (C=O) groups excluding carboxylic acids is 3. The highest BCUT2D eigenvalue weighted by Crippen LogP contribution is 2.27. The molecule has 1 aliphatic heterocycles. The molecule has 0 fully saturated rings. The molecule has 8 nitrogen and oxygen atoms in total. The largest absolute Gasteiger partial charge is 0.481 e. The minimum atomic E-state index is -0.966. The van der Waals surface area contributed by atoms with Gasteiger partial charge in [-0.2, -0.15) is 0 Å². The van der Waals surface area contributed by atoms with Gasteiger partial charge in [0, 0.05) is 30.3 Å². The number of aliphatic carboxylic acids is 1. The summed E-state index contributed by atoms with van der Waals surface area (Å²) in [7, 11) is 0. The number of fused-ring (bicyclic) bond motifs is 1. The molecule has 0 radical (unpaired) electrons. The van der Waals surface area contributed by atoms with E-state index < -0.39 is 23.8 Å². The maximum absolute atomic E-state index is 14.0. The molecular weight excluding hydrogens is 657 g/mol. The van der Waals surface area contributed by atoms with Gasteiger partial charge in [0.2, 0.25) is 11.8 Å². The van der Waals surface area contributed by atoms with Crippen molar-refractivity contribution in [1.29, 1.82) is 0 Å². The lowest BCUT2D eigenvalue weighted by Crippen LogP contribution is -2.47. The summed E-state index contributed by atoms with van der Waals surface area (Å²) in [6.45, 7) is 5.05. The number of benzene rings is 4. The SMILES string of the molecule is CC(C)CC(NC(=O)C(CCc1ccc(-c2ccc(F)cc2)cc1)CC(CCCCN1Cc2ccccc2C1=O)C(=O)O)C(=O)Nc1ccccc1. The second kappa shape index (κ2) is 18.3. The van der Waals surface area contributed by atoms with Crippen molar-refractivity contribution < 1.29 is 28.7 Å². The van der Waals surface area contributed by atoms with Crippen molar-refractivity contribution in [3.63, 3.8) is 0 Å². The number of carbonyl (C=O) groups is 4. The summed E-state index contributed by atoms with van der Waals surface area (Å²) in [4.78, 5) is 54.6. The van der Waals surface area contributed by atoms with Crippen molar-refractivity contribution in [3.8, 4) is 11.1 Å². The molecule has 1 heterocycles. The number of para-hydroxylation sites is 1. The van der Waals surface area contributed by atoms with Crippen LogP contribution in [0.4, 0.5) is 10.1 Å². The number of hydrogen-bond acceptors (Lipinski definition) is 4. The summed E-state index contributed by atoms with van der Waals surface area (Å²) in [5.41, 5.74) is 5.15. The Balaban J connectivity index is 1.26. The van der Waals surface area contributed by atoms with E-state index >= 15 is 0 Å². The fourth-order valence-electron chi connectivity index (χ4n) is 6.82. The van der Waals surface area contributed by atoms with Gasteiger partial charge in [-0.15, -0.1) is 0 Å². The lowest BCUT2D eigenvalue weighted by Gasteiger charge is -2.25. The summed E-state index contributed by atoms with van der Waals surface area (Å²) in [6, 6.07) is 30.0. The molecule has 0 aliphatic carbocycles. The van der Waals surface area contributed by atoms with Gasteiger partial charge < -0.3 is 20.6 Å². The van der Waals surface area contributed by atoms with E-state index in [-0.39, 0.29) is 35.9 Å². The Labute approximate surface area is 305 Å². The van der Waals surface area contributed by atoms with Crippen molar-refractivity contribution in [2.45, 2.75) is 71.4 Å². The highest BCUT2D eigenvalue weighted by molar-refractivity contribution is 5.98. The maximum Gasteiger partial charge on any atom is 0.306 e. The molecule has 0 spiro atoms. The first-order valence-electron chi connectivity index (χ1n) is 18.2. The van der Waals surface area contributed by atoms with Gasteiger partial charge in [0.25, 0.3) is 5.91 Å². The van der Waals surface area contributed by atoms with Gasteiger partial charge in [-0.25, -0.2) is 4.39 Å². The molecule has 0 aromatic heterocycles. The number of amides is 3. The third-order valence-electron chi connectivity index (χ3n) is 9.71. The monoisotopic (exact) mass is 705 g/mol. The minimum Gasteiger partial charge on any atom is -0.481 e. The highest BCUT2D eigenvalue weighted by atomic mass is 19.1. The van der Waals surface area contributed by atoms with E-state index in [1.807, 2.05) is 80.6 Å². The number of hydrogen-bond donors (Lipinski definition) is 3. The Morgan fingerprint density at radius 2 is 1.42 bits per heavy atom. The predicted molar refractivity (Wildman–Crippen MR) is 201 cm³/mol. The summed E-state index contributed by atoms with van der Waals surface area (Å²) < 4.78 is 13.4. The van der Waals surface area contributed by atoms with E-state index in [1.165, 1.54) is 12.1 Å². The van der Waals surface area contributed by atoms with Gasteiger partial charge in [0.15, 0.2) is 0 Å². The quantitative estimate of drug-likeness (QED) is 0.0905. The van der Waals surface area contributed by atoms with Crippen LogP contribution >= 0.6 is 0 Å². The molecule has 3 N–H and O–H groups in total. The van der Waals surface area contributed by atoms with Crippen LogP contribution in [0.25, 0.3) is 11.1 Å². The highest BCUT2D eigenvalue weighted by Gasteiger charge is 2.31. The van der Waals surface area contributed by atoms with Crippen LogP contribution in [0.3, 0.4) is 0 Å². The number of halogens is 1. The van der Waals surface area contributed by atoms with Crippen molar-refractivity contribution in [2.75, 3.05) is 11.9 Å². The van der Waals surface area contributed by atoms with Gasteiger partial charge >= 0.3 is 5.97 Å². The zero-order valence-electron chi connectivity index (χ0n) is 29.9. The third kappa shape index (κ3) is 10.6. The van der Waals surface area contributed by atoms with E-state index in [4.69, 9.17) is 0 Å². The van der Waals surface area contributed by atoms with Gasteiger partial charge in [-0.05, 0) is 97.0 Å². The summed E-state index contributed by atoms with van der Waals surface area (Å²) in [5, 5.41) is 16.2. The first-order chi connectivity index (χ1) is 25.1. The molecule has 0 saturated carbocycles. The predicted octanol–water partition coefficient (Wildman–Crippen LogP) is 8.13. The van der Waals surface area contributed by atoms with Crippen LogP contribution in [-0.2, 0) is 27.3 Å². The Morgan fingerprint density at radius 3 is 2.08 bits per heavy atom.